The van der Waals surface area contributed by atoms with Gasteiger partial charge in [0.1, 0.15) is 5.75 Å². The number of nitrogens with one attached hydrogen (secondary N) is 1. The van der Waals surface area contributed by atoms with E-state index in [0.717, 1.165) is 17.8 Å². The number of phenols is 1. The second kappa shape index (κ2) is 6.44. The fourth-order valence-corrected chi connectivity index (χ4v) is 2.31. The van der Waals surface area contributed by atoms with E-state index < -0.39 is 0 Å². The molecule has 3 heteroatoms. The van der Waals surface area contributed by atoms with E-state index >= 15 is 0 Å². The first-order valence-electron chi connectivity index (χ1n) is 6.84. The summed E-state index contributed by atoms with van der Waals surface area (Å²) in [6, 6.07) is 15.9. The third kappa shape index (κ3) is 3.75. The molecule has 2 N–H and O–H groups in total. The summed E-state index contributed by atoms with van der Waals surface area (Å²) in [5.41, 5.74) is 3.25. The van der Waals surface area contributed by atoms with E-state index in [1.807, 2.05) is 25.1 Å². The summed E-state index contributed by atoms with van der Waals surface area (Å²) in [6.07, 6.45) is 0. The summed E-state index contributed by atoms with van der Waals surface area (Å²) in [6.45, 7) is 2.97. The third-order valence-electron chi connectivity index (χ3n) is 3.21. The van der Waals surface area contributed by atoms with E-state index in [4.69, 9.17) is 0 Å². The van der Waals surface area contributed by atoms with Gasteiger partial charge in [-0.1, -0.05) is 30.3 Å². The van der Waals surface area contributed by atoms with Crippen LogP contribution in [0, 0.1) is 0 Å². The number of benzene rings is 2. The van der Waals surface area contributed by atoms with Crippen LogP contribution >= 0.6 is 0 Å². The molecule has 1 unspecified atom stereocenters. The molecule has 0 aromatic heterocycles. The van der Waals surface area contributed by atoms with E-state index in [1.54, 1.807) is 6.07 Å². The van der Waals surface area contributed by atoms with Crippen molar-refractivity contribution < 1.29 is 5.11 Å². The lowest BCUT2D eigenvalue weighted by atomic mass is 10.1. The molecule has 0 bridgehead atoms. The first-order valence-corrected chi connectivity index (χ1v) is 6.84. The molecule has 0 aliphatic heterocycles. The minimum absolute atomic E-state index is 0.0609. The molecule has 0 saturated heterocycles. The standard InChI is InChI=1S/C17H22N2O/c1-13(16-9-4-5-10-17(16)20)18-15-8-6-7-14(11-15)12-19(2)3/h4-11,13,18,20H,12H2,1-3H3. The third-order valence-corrected chi connectivity index (χ3v) is 3.21. The lowest BCUT2D eigenvalue weighted by molar-refractivity contribution is 0.402. The summed E-state index contributed by atoms with van der Waals surface area (Å²) >= 11 is 0. The minimum Gasteiger partial charge on any atom is -0.508 e. The Kier molecular flexibility index (Phi) is 4.64. The molecule has 2 aromatic rings. The number of para-hydroxylation sites is 1. The largest absolute Gasteiger partial charge is 0.508 e. The van der Waals surface area contributed by atoms with Crippen LogP contribution in [0.3, 0.4) is 0 Å². The van der Waals surface area contributed by atoms with Gasteiger partial charge in [0.05, 0.1) is 6.04 Å². The van der Waals surface area contributed by atoms with Crippen LogP contribution in [0.25, 0.3) is 0 Å². The highest BCUT2D eigenvalue weighted by molar-refractivity contribution is 5.49. The fourth-order valence-electron chi connectivity index (χ4n) is 2.31. The zero-order valence-corrected chi connectivity index (χ0v) is 12.3. The van der Waals surface area contributed by atoms with Gasteiger partial charge in [0, 0.05) is 17.8 Å². The molecule has 0 fully saturated rings. The zero-order valence-electron chi connectivity index (χ0n) is 12.3. The van der Waals surface area contributed by atoms with Crippen molar-refractivity contribution in [2.24, 2.45) is 0 Å². The molecule has 20 heavy (non-hydrogen) atoms. The minimum atomic E-state index is 0.0609. The normalized spacial score (nSPS) is 12.4. The molecule has 0 spiro atoms. The van der Waals surface area contributed by atoms with Gasteiger partial charge < -0.3 is 15.3 Å². The summed E-state index contributed by atoms with van der Waals surface area (Å²) in [5, 5.41) is 13.3. The molecule has 0 aliphatic rings. The van der Waals surface area contributed by atoms with Crippen molar-refractivity contribution in [2.45, 2.75) is 19.5 Å². The number of anilines is 1. The Hall–Kier alpha value is -2.00. The van der Waals surface area contributed by atoms with Gasteiger partial charge in [-0.3, -0.25) is 0 Å². The van der Waals surface area contributed by atoms with Gasteiger partial charge in [-0.2, -0.15) is 0 Å². The fraction of sp³-hybridized carbons (Fsp3) is 0.294. The molecule has 2 rings (SSSR count). The first-order chi connectivity index (χ1) is 9.56. The van der Waals surface area contributed by atoms with E-state index in [2.05, 4.69) is 48.6 Å². The van der Waals surface area contributed by atoms with E-state index in [1.165, 1.54) is 5.56 Å². The Labute approximate surface area is 120 Å². The maximum atomic E-state index is 9.89. The van der Waals surface area contributed by atoms with Crippen LogP contribution in [0.5, 0.6) is 5.75 Å². The monoisotopic (exact) mass is 270 g/mol. The van der Waals surface area contributed by atoms with Crippen molar-refractivity contribution in [2.75, 3.05) is 19.4 Å². The van der Waals surface area contributed by atoms with Gasteiger partial charge in [0.15, 0.2) is 0 Å². The maximum absolute atomic E-state index is 9.89. The number of aromatic hydroxyl groups is 1. The highest BCUT2D eigenvalue weighted by atomic mass is 16.3. The van der Waals surface area contributed by atoms with Crippen molar-refractivity contribution in [3.63, 3.8) is 0 Å². The predicted molar refractivity (Wildman–Crippen MR) is 84.0 cm³/mol. The van der Waals surface area contributed by atoms with Crippen LogP contribution in [-0.2, 0) is 6.54 Å². The van der Waals surface area contributed by atoms with Crippen molar-refractivity contribution in [3.8, 4) is 5.75 Å². The Bertz CT molecular complexity index is 566. The van der Waals surface area contributed by atoms with E-state index in [9.17, 15) is 5.11 Å². The highest BCUT2D eigenvalue weighted by Gasteiger charge is 2.09. The van der Waals surface area contributed by atoms with Gasteiger partial charge in [-0.25, -0.2) is 0 Å². The van der Waals surface area contributed by atoms with Crippen LogP contribution in [-0.4, -0.2) is 24.1 Å². The average Bonchev–Trinajstić information content (AvgIpc) is 2.38. The van der Waals surface area contributed by atoms with Gasteiger partial charge >= 0.3 is 0 Å². The molecular weight excluding hydrogens is 248 g/mol. The second-order valence-corrected chi connectivity index (χ2v) is 5.36. The number of rotatable bonds is 5. The molecule has 0 aliphatic carbocycles. The predicted octanol–water partition coefficient (Wildman–Crippen LogP) is 3.63. The van der Waals surface area contributed by atoms with Crippen molar-refractivity contribution in [3.05, 3.63) is 59.7 Å². The van der Waals surface area contributed by atoms with Crippen molar-refractivity contribution >= 4 is 5.69 Å². The molecule has 0 radical (unpaired) electrons. The van der Waals surface area contributed by atoms with E-state index in [0.29, 0.717) is 5.75 Å². The smallest absolute Gasteiger partial charge is 0.120 e. The molecular formula is C17H22N2O. The Morgan fingerprint density at radius 2 is 1.85 bits per heavy atom. The maximum Gasteiger partial charge on any atom is 0.120 e. The molecule has 0 amide bonds. The van der Waals surface area contributed by atoms with Crippen LogP contribution < -0.4 is 5.32 Å². The molecule has 0 saturated carbocycles. The number of phenolic OH excluding ortho intramolecular Hbond substituents is 1. The number of hydrogen-bond acceptors (Lipinski definition) is 3. The molecule has 0 heterocycles. The highest BCUT2D eigenvalue weighted by Crippen LogP contribution is 2.26. The van der Waals surface area contributed by atoms with E-state index in [-0.39, 0.29) is 6.04 Å². The summed E-state index contributed by atoms with van der Waals surface area (Å²) < 4.78 is 0. The SMILES string of the molecule is CC(Nc1cccc(CN(C)C)c1)c1ccccc1O. The summed E-state index contributed by atoms with van der Waals surface area (Å²) in [5.74, 6) is 0.331. The Morgan fingerprint density at radius 1 is 1.10 bits per heavy atom. The van der Waals surface area contributed by atoms with Crippen molar-refractivity contribution in [1.82, 2.24) is 4.90 Å². The van der Waals surface area contributed by atoms with Crippen LogP contribution in [0.1, 0.15) is 24.1 Å². The van der Waals surface area contributed by atoms with Gasteiger partial charge in [0.2, 0.25) is 0 Å². The van der Waals surface area contributed by atoms with Crippen LogP contribution in [0.2, 0.25) is 0 Å². The van der Waals surface area contributed by atoms with Gasteiger partial charge in [-0.15, -0.1) is 0 Å². The molecule has 3 nitrogen and oxygen atoms in total. The number of nitrogens with zero attached hydrogens (tertiary/aromatic N) is 1. The molecule has 2 aromatic carbocycles. The first kappa shape index (κ1) is 14.4. The number of hydrogen-bond donors (Lipinski definition) is 2. The van der Waals surface area contributed by atoms with Gasteiger partial charge in [-0.05, 0) is 44.8 Å². The second-order valence-electron chi connectivity index (χ2n) is 5.36. The molecule has 106 valence electrons. The van der Waals surface area contributed by atoms with Gasteiger partial charge in [0.25, 0.3) is 0 Å². The molecule has 1 atom stereocenters. The zero-order chi connectivity index (χ0) is 14.5. The quantitative estimate of drug-likeness (QED) is 0.871. The van der Waals surface area contributed by atoms with Crippen LogP contribution in [0.4, 0.5) is 5.69 Å². The lowest BCUT2D eigenvalue weighted by Gasteiger charge is -2.18. The van der Waals surface area contributed by atoms with Crippen LogP contribution in [0.15, 0.2) is 48.5 Å². The topological polar surface area (TPSA) is 35.5 Å². The summed E-state index contributed by atoms with van der Waals surface area (Å²) in [4.78, 5) is 2.14. The van der Waals surface area contributed by atoms with Crippen molar-refractivity contribution in [1.29, 1.82) is 0 Å². The Balaban J connectivity index is 2.12. The average molecular weight is 270 g/mol. The lowest BCUT2D eigenvalue weighted by Crippen LogP contribution is -2.11. The summed E-state index contributed by atoms with van der Waals surface area (Å²) in [7, 11) is 4.12. The Morgan fingerprint density at radius 3 is 2.55 bits per heavy atom.